The van der Waals surface area contributed by atoms with E-state index in [0.717, 1.165) is 38.5 Å². The van der Waals surface area contributed by atoms with Crippen molar-refractivity contribution in [2.24, 2.45) is 5.73 Å². The topological polar surface area (TPSA) is 58.8 Å². The molecule has 3 rings (SSSR count). The summed E-state index contributed by atoms with van der Waals surface area (Å²) in [6.07, 6.45) is 0.454. The van der Waals surface area contributed by atoms with Gasteiger partial charge in [-0.3, -0.25) is 9.69 Å². The number of morpholine rings is 1. The van der Waals surface area contributed by atoms with Gasteiger partial charge in [-0.1, -0.05) is 12.1 Å². The lowest BCUT2D eigenvalue weighted by molar-refractivity contribution is -0.117. The van der Waals surface area contributed by atoms with Gasteiger partial charge in [-0.2, -0.15) is 0 Å². The molecule has 5 nitrogen and oxygen atoms in total. The van der Waals surface area contributed by atoms with Crippen molar-refractivity contribution in [3.63, 3.8) is 0 Å². The van der Waals surface area contributed by atoms with Gasteiger partial charge in [0.1, 0.15) is 0 Å². The highest BCUT2D eigenvalue weighted by molar-refractivity contribution is 5.96. The van der Waals surface area contributed by atoms with Crippen LogP contribution in [0.25, 0.3) is 0 Å². The van der Waals surface area contributed by atoms with E-state index in [1.54, 1.807) is 4.90 Å². The molecule has 2 aliphatic rings. The molecule has 0 spiro atoms. The van der Waals surface area contributed by atoms with Gasteiger partial charge in [0, 0.05) is 44.3 Å². The van der Waals surface area contributed by atoms with E-state index < -0.39 is 0 Å². The molecule has 2 saturated heterocycles. The van der Waals surface area contributed by atoms with Crippen LogP contribution in [0.1, 0.15) is 12.0 Å². The highest BCUT2D eigenvalue weighted by atomic mass is 35.5. The Kier molecular flexibility index (Phi) is 7.59. The van der Waals surface area contributed by atoms with Gasteiger partial charge in [-0.25, -0.2) is 0 Å². The quantitative estimate of drug-likeness (QED) is 0.898. The molecular weight excluding hydrogens is 325 g/mol. The molecule has 1 amide bonds. The van der Waals surface area contributed by atoms with Crippen LogP contribution in [0.15, 0.2) is 24.3 Å². The van der Waals surface area contributed by atoms with Crippen molar-refractivity contribution < 1.29 is 9.53 Å². The van der Waals surface area contributed by atoms with Crippen molar-refractivity contribution in [1.29, 1.82) is 0 Å². The molecule has 0 bridgehead atoms. The van der Waals surface area contributed by atoms with Crippen LogP contribution in [0.2, 0.25) is 0 Å². The summed E-state index contributed by atoms with van der Waals surface area (Å²) in [6, 6.07) is 8.21. The Hall–Kier alpha value is -0.850. The van der Waals surface area contributed by atoms with Crippen LogP contribution in [0, 0.1) is 0 Å². The first-order valence-electron chi connectivity index (χ1n) is 7.17. The van der Waals surface area contributed by atoms with E-state index >= 15 is 0 Å². The third-order valence-electron chi connectivity index (χ3n) is 3.91. The minimum absolute atomic E-state index is 0. The zero-order valence-electron chi connectivity index (χ0n) is 12.4. The SMILES string of the molecule is Cl.Cl.N[C@@H]1CC(=O)N(c2ccc(CN3CCOCC3)cc2)C1. The minimum atomic E-state index is -0.0319. The monoisotopic (exact) mass is 347 g/mol. The highest BCUT2D eigenvalue weighted by Gasteiger charge is 2.27. The van der Waals surface area contributed by atoms with Gasteiger partial charge in [-0.15, -0.1) is 24.8 Å². The summed E-state index contributed by atoms with van der Waals surface area (Å²) in [7, 11) is 0. The van der Waals surface area contributed by atoms with Crippen LogP contribution in [0.3, 0.4) is 0 Å². The molecule has 1 aromatic rings. The Morgan fingerprint density at radius 3 is 2.32 bits per heavy atom. The molecule has 0 aliphatic carbocycles. The Bertz CT molecular complexity index is 478. The first-order valence-corrected chi connectivity index (χ1v) is 7.17. The van der Waals surface area contributed by atoms with E-state index in [1.165, 1.54) is 5.56 Å². The molecule has 7 heteroatoms. The third kappa shape index (κ3) is 4.57. The first-order chi connectivity index (χ1) is 9.72. The maximum Gasteiger partial charge on any atom is 0.228 e. The minimum Gasteiger partial charge on any atom is -0.379 e. The summed E-state index contributed by atoms with van der Waals surface area (Å²) < 4.78 is 5.35. The molecule has 0 radical (unpaired) electrons. The molecule has 124 valence electrons. The number of ether oxygens (including phenoxy) is 1. The lowest BCUT2D eigenvalue weighted by Crippen LogP contribution is -2.35. The number of rotatable bonds is 3. The van der Waals surface area contributed by atoms with Gasteiger partial charge < -0.3 is 15.4 Å². The Morgan fingerprint density at radius 1 is 1.14 bits per heavy atom. The second-order valence-corrected chi connectivity index (χ2v) is 5.52. The molecule has 2 N–H and O–H groups in total. The van der Waals surface area contributed by atoms with Crippen LogP contribution in [0.4, 0.5) is 5.69 Å². The van der Waals surface area contributed by atoms with Crippen molar-refractivity contribution in [1.82, 2.24) is 4.90 Å². The van der Waals surface area contributed by atoms with Crippen LogP contribution in [-0.4, -0.2) is 49.7 Å². The fourth-order valence-electron chi connectivity index (χ4n) is 2.78. The lowest BCUT2D eigenvalue weighted by atomic mass is 10.2. The number of hydrogen-bond donors (Lipinski definition) is 1. The average molecular weight is 348 g/mol. The van der Waals surface area contributed by atoms with Crippen molar-refractivity contribution >= 4 is 36.4 Å². The smallest absolute Gasteiger partial charge is 0.228 e. The predicted molar refractivity (Wildman–Crippen MR) is 92.0 cm³/mol. The van der Waals surface area contributed by atoms with Gasteiger partial charge >= 0.3 is 0 Å². The number of halogens is 2. The van der Waals surface area contributed by atoms with Crippen LogP contribution < -0.4 is 10.6 Å². The lowest BCUT2D eigenvalue weighted by Gasteiger charge is -2.26. The molecule has 0 aromatic heterocycles. The van der Waals surface area contributed by atoms with Crippen LogP contribution in [-0.2, 0) is 16.1 Å². The molecule has 2 fully saturated rings. The van der Waals surface area contributed by atoms with Gasteiger partial charge in [0.25, 0.3) is 0 Å². The van der Waals surface area contributed by atoms with E-state index in [9.17, 15) is 4.79 Å². The second-order valence-electron chi connectivity index (χ2n) is 5.52. The van der Waals surface area contributed by atoms with Gasteiger partial charge in [-0.05, 0) is 17.7 Å². The van der Waals surface area contributed by atoms with Crippen molar-refractivity contribution in [2.45, 2.75) is 19.0 Å². The molecule has 2 heterocycles. The molecule has 2 aliphatic heterocycles. The predicted octanol–water partition coefficient (Wildman–Crippen LogP) is 1.43. The van der Waals surface area contributed by atoms with E-state index in [-0.39, 0.29) is 36.8 Å². The summed E-state index contributed by atoms with van der Waals surface area (Å²) in [5.41, 5.74) is 8.05. The van der Waals surface area contributed by atoms with E-state index in [0.29, 0.717) is 13.0 Å². The second kappa shape index (κ2) is 8.70. The Labute approximate surface area is 143 Å². The molecule has 0 saturated carbocycles. The van der Waals surface area contributed by atoms with Gasteiger partial charge in [0.05, 0.1) is 13.2 Å². The van der Waals surface area contributed by atoms with E-state index in [2.05, 4.69) is 17.0 Å². The number of carbonyl (C=O) groups excluding carboxylic acids is 1. The largest absolute Gasteiger partial charge is 0.379 e. The van der Waals surface area contributed by atoms with Crippen molar-refractivity contribution in [3.05, 3.63) is 29.8 Å². The zero-order valence-corrected chi connectivity index (χ0v) is 14.1. The standard InChI is InChI=1S/C15H21N3O2.2ClH/c16-13-9-15(19)18(11-13)14-3-1-12(2-4-14)10-17-5-7-20-8-6-17;;/h1-4,13H,5-11,16H2;2*1H/t13-;;/m1../s1. The number of amides is 1. The number of nitrogens with zero attached hydrogens (tertiary/aromatic N) is 2. The summed E-state index contributed by atoms with van der Waals surface area (Å²) >= 11 is 0. The summed E-state index contributed by atoms with van der Waals surface area (Å²) in [4.78, 5) is 16.0. The van der Waals surface area contributed by atoms with E-state index in [1.807, 2.05) is 12.1 Å². The van der Waals surface area contributed by atoms with Crippen molar-refractivity contribution in [3.8, 4) is 0 Å². The van der Waals surface area contributed by atoms with E-state index in [4.69, 9.17) is 10.5 Å². The highest BCUT2D eigenvalue weighted by Crippen LogP contribution is 2.21. The maximum absolute atomic E-state index is 11.8. The summed E-state index contributed by atoms with van der Waals surface area (Å²) in [5, 5.41) is 0. The molecule has 22 heavy (non-hydrogen) atoms. The third-order valence-corrected chi connectivity index (χ3v) is 3.91. The normalized spacial score (nSPS) is 22.1. The first kappa shape index (κ1) is 19.2. The van der Waals surface area contributed by atoms with Crippen LogP contribution >= 0.6 is 24.8 Å². The van der Waals surface area contributed by atoms with Gasteiger partial charge in [0.15, 0.2) is 0 Å². The summed E-state index contributed by atoms with van der Waals surface area (Å²) in [5.74, 6) is 0.124. The number of carbonyl (C=O) groups is 1. The fraction of sp³-hybridized carbons (Fsp3) is 0.533. The van der Waals surface area contributed by atoms with Crippen molar-refractivity contribution in [2.75, 3.05) is 37.7 Å². The Balaban J connectivity index is 0.00000121. The maximum atomic E-state index is 11.8. The summed E-state index contributed by atoms with van der Waals surface area (Å²) in [6.45, 7) is 5.18. The molecule has 1 aromatic carbocycles. The zero-order chi connectivity index (χ0) is 13.9. The molecule has 1 atom stereocenters. The number of nitrogens with two attached hydrogens (primary N) is 1. The molecular formula is C15H23Cl2N3O2. The fourth-order valence-corrected chi connectivity index (χ4v) is 2.78. The molecule has 0 unspecified atom stereocenters. The Morgan fingerprint density at radius 2 is 1.77 bits per heavy atom. The average Bonchev–Trinajstić information content (AvgIpc) is 2.80. The number of hydrogen-bond acceptors (Lipinski definition) is 4. The van der Waals surface area contributed by atoms with Gasteiger partial charge in [0.2, 0.25) is 5.91 Å². The van der Waals surface area contributed by atoms with Crippen LogP contribution in [0.5, 0.6) is 0 Å². The number of benzene rings is 1. The number of anilines is 1.